The van der Waals surface area contributed by atoms with E-state index in [0.29, 0.717) is 5.82 Å². The maximum atomic E-state index is 11.4. The minimum Gasteiger partial charge on any atom is -0.365 e. The Morgan fingerprint density at radius 3 is 2.50 bits per heavy atom. The number of aryl methyl sites for hydroxylation is 1. The molecule has 6 nitrogen and oxygen atoms in total. The molecule has 2 atom stereocenters. The van der Waals surface area contributed by atoms with Crippen LogP contribution in [-0.4, -0.2) is 30.2 Å². The van der Waals surface area contributed by atoms with Gasteiger partial charge in [-0.2, -0.15) is 0 Å². The van der Waals surface area contributed by atoms with Crippen molar-refractivity contribution in [2.75, 3.05) is 6.61 Å². The Hall–Kier alpha value is -1.31. The summed E-state index contributed by atoms with van der Waals surface area (Å²) in [4.78, 5) is 8.15. The van der Waals surface area contributed by atoms with Crippen molar-refractivity contribution in [3.05, 3.63) is 36.4 Å². The maximum Gasteiger partial charge on any atom is 0.214 e. The van der Waals surface area contributed by atoms with E-state index in [9.17, 15) is 8.42 Å². The summed E-state index contributed by atoms with van der Waals surface area (Å²) in [5, 5.41) is 4.20. The minimum atomic E-state index is -3.73. The SMILES string of the molecule is C=CCO[C@H](c1ncc(C)cn1)[C@H](C)S(N)(=O)=O. The summed E-state index contributed by atoms with van der Waals surface area (Å²) < 4.78 is 28.2. The lowest BCUT2D eigenvalue weighted by atomic mass is 10.2. The van der Waals surface area contributed by atoms with Crippen LogP contribution in [0.25, 0.3) is 0 Å². The van der Waals surface area contributed by atoms with Crippen LogP contribution >= 0.6 is 0 Å². The second kappa shape index (κ2) is 6.03. The van der Waals surface area contributed by atoms with Gasteiger partial charge in [0.05, 0.1) is 6.61 Å². The van der Waals surface area contributed by atoms with Crippen molar-refractivity contribution in [2.45, 2.75) is 25.2 Å². The number of hydrogen-bond acceptors (Lipinski definition) is 5. The van der Waals surface area contributed by atoms with Gasteiger partial charge in [0.2, 0.25) is 10.0 Å². The molecule has 1 rings (SSSR count). The zero-order chi connectivity index (χ0) is 13.8. The number of nitrogens with two attached hydrogens (primary N) is 1. The van der Waals surface area contributed by atoms with Crippen molar-refractivity contribution in [3.63, 3.8) is 0 Å². The lowest BCUT2D eigenvalue weighted by Gasteiger charge is -2.20. The van der Waals surface area contributed by atoms with Gasteiger partial charge in [0, 0.05) is 12.4 Å². The Kier molecular flexibility index (Phi) is 4.94. The summed E-state index contributed by atoms with van der Waals surface area (Å²) in [6.07, 6.45) is 3.92. The molecule has 0 amide bonds. The molecule has 2 N–H and O–H groups in total. The zero-order valence-corrected chi connectivity index (χ0v) is 11.2. The topological polar surface area (TPSA) is 95.2 Å². The number of ether oxygens (including phenoxy) is 1. The van der Waals surface area contributed by atoms with Gasteiger partial charge in [-0.3, -0.25) is 0 Å². The summed E-state index contributed by atoms with van der Waals surface area (Å²) in [6.45, 7) is 7.02. The maximum absolute atomic E-state index is 11.4. The molecule has 100 valence electrons. The highest BCUT2D eigenvalue weighted by Gasteiger charge is 2.30. The van der Waals surface area contributed by atoms with E-state index >= 15 is 0 Å². The number of hydrogen-bond donors (Lipinski definition) is 1. The first-order valence-electron chi connectivity index (χ1n) is 5.39. The number of sulfonamides is 1. The lowest BCUT2D eigenvalue weighted by molar-refractivity contribution is 0.0669. The lowest BCUT2D eigenvalue weighted by Crippen LogP contribution is -2.33. The molecule has 0 radical (unpaired) electrons. The highest BCUT2D eigenvalue weighted by molar-refractivity contribution is 7.89. The average Bonchev–Trinajstić information content (AvgIpc) is 2.30. The number of primary sulfonamides is 1. The second-order valence-electron chi connectivity index (χ2n) is 3.96. The fraction of sp³-hybridized carbons (Fsp3) is 0.455. The molecule has 1 aromatic rings. The molecule has 0 bridgehead atoms. The Morgan fingerprint density at radius 2 is 2.06 bits per heavy atom. The molecule has 0 fully saturated rings. The van der Waals surface area contributed by atoms with E-state index in [2.05, 4.69) is 16.5 Å². The molecular formula is C11H17N3O3S. The molecular weight excluding hydrogens is 254 g/mol. The highest BCUT2D eigenvalue weighted by Crippen LogP contribution is 2.21. The fourth-order valence-corrected chi connectivity index (χ4v) is 1.86. The first-order chi connectivity index (χ1) is 8.36. The smallest absolute Gasteiger partial charge is 0.214 e. The summed E-state index contributed by atoms with van der Waals surface area (Å²) in [5.74, 6) is 0.295. The van der Waals surface area contributed by atoms with Crippen LogP contribution in [-0.2, 0) is 14.8 Å². The minimum absolute atomic E-state index is 0.196. The van der Waals surface area contributed by atoms with E-state index in [1.807, 2.05) is 6.92 Å². The van der Waals surface area contributed by atoms with E-state index in [-0.39, 0.29) is 6.61 Å². The number of nitrogens with zero attached hydrogens (tertiary/aromatic N) is 2. The summed E-state index contributed by atoms with van der Waals surface area (Å²) in [7, 11) is -3.73. The van der Waals surface area contributed by atoms with Crippen LogP contribution in [0.5, 0.6) is 0 Å². The normalized spacial score (nSPS) is 15.1. The predicted molar refractivity (Wildman–Crippen MR) is 68.2 cm³/mol. The van der Waals surface area contributed by atoms with Crippen LogP contribution in [0, 0.1) is 6.92 Å². The molecule has 7 heteroatoms. The number of rotatable bonds is 6. The first-order valence-corrected chi connectivity index (χ1v) is 7.00. The average molecular weight is 271 g/mol. The second-order valence-corrected chi connectivity index (χ2v) is 5.88. The fourth-order valence-electron chi connectivity index (χ4n) is 1.31. The van der Waals surface area contributed by atoms with Gasteiger partial charge in [-0.1, -0.05) is 6.08 Å². The van der Waals surface area contributed by atoms with Gasteiger partial charge in [0.1, 0.15) is 11.4 Å². The van der Waals surface area contributed by atoms with Crippen molar-refractivity contribution >= 4 is 10.0 Å². The Balaban J connectivity index is 3.04. The van der Waals surface area contributed by atoms with E-state index in [0.717, 1.165) is 5.56 Å². The van der Waals surface area contributed by atoms with Crippen LogP contribution in [0.2, 0.25) is 0 Å². The molecule has 0 saturated heterocycles. The zero-order valence-electron chi connectivity index (χ0n) is 10.4. The van der Waals surface area contributed by atoms with Crippen LogP contribution in [0.15, 0.2) is 25.0 Å². The quantitative estimate of drug-likeness (QED) is 0.769. The molecule has 0 aliphatic heterocycles. The van der Waals surface area contributed by atoms with E-state index in [4.69, 9.17) is 9.88 Å². The van der Waals surface area contributed by atoms with Gasteiger partial charge in [0.25, 0.3) is 0 Å². The van der Waals surface area contributed by atoms with Crippen molar-refractivity contribution in [2.24, 2.45) is 5.14 Å². The molecule has 0 saturated carbocycles. The third-order valence-electron chi connectivity index (χ3n) is 2.39. The van der Waals surface area contributed by atoms with Gasteiger partial charge in [-0.25, -0.2) is 23.5 Å². The monoisotopic (exact) mass is 271 g/mol. The van der Waals surface area contributed by atoms with Gasteiger partial charge >= 0.3 is 0 Å². The first kappa shape index (κ1) is 14.7. The van der Waals surface area contributed by atoms with Crippen LogP contribution in [0.1, 0.15) is 24.4 Å². The van der Waals surface area contributed by atoms with Gasteiger partial charge in [-0.15, -0.1) is 6.58 Å². The standard InChI is InChI=1S/C11H17N3O3S/c1-4-5-17-10(9(3)18(12,15)16)11-13-6-8(2)7-14-11/h4,6-7,9-10H,1,5H2,2-3H3,(H2,12,15,16)/t9-,10-/m0/s1. The molecule has 1 heterocycles. The third kappa shape index (κ3) is 3.86. The molecule has 0 aliphatic carbocycles. The van der Waals surface area contributed by atoms with Crippen LogP contribution < -0.4 is 5.14 Å². The summed E-state index contributed by atoms with van der Waals surface area (Å²) >= 11 is 0. The van der Waals surface area contributed by atoms with Crippen LogP contribution in [0.3, 0.4) is 0 Å². The molecule has 0 aliphatic rings. The van der Waals surface area contributed by atoms with Gasteiger partial charge in [-0.05, 0) is 19.4 Å². The van der Waals surface area contributed by atoms with Gasteiger partial charge < -0.3 is 4.74 Å². The van der Waals surface area contributed by atoms with Crippen molar-refractivity contribution in [3.8, 4) is 0 Å². The molecule has 1 aromatic heterocycles. The largest absolute Gasteiger partial charge is 0.365 e. The van der Waals surface area contributed by atoms with Gasteiger partial charge in [0.15, 0.2) is 5.82 Å². The Bertz CT molecular complexity index is 499. The Morgan fingerprint density at radius 1 is 1.50 bits per heavy atom. The van der Waals surface area contributed by atoms with Crippen molar-refractivity contribution < 1.29 is 13.2 Å². The van der Waals surface area contributed by atoms with E-state index in [1.54, 1.807) is 12.4 Å². The predicted octanol–water partition coefficient (Wildman–Crippen LogP) is 0.706. The van der Waals surface area contributed by atoms with E-state index < -0.39 is 21.4 Å². The molecule has 0 unspecified atom stereocenters. The molecule has 0 spiro atoms. The number of aromatic nitrogens is 2. The Labute approximate surface area is 107 Å². The summed E-state index contributed by atoms with van der Waals surface area (Å²) in [5.41, 5.74) is 0.879. The highest BCUT2D eigenvalue weighted by atomic mass is 32.2. The molecule has 0 aromatic carbocycles. The van der Waals surface area contributed by atoms with Crippen molar-refractivity contribution in [1.29, 1.82) is 0 Å². The van der Waals surface area contributed by atoms with Crippen LogP contribution in [0.4, 0.5) is 0 Å². The van der Waals surface area contributed by atoms with Crippen molar-refractivity contribution in [1.82, 2.24) is 9.97 Å². The summed E-state index contributed by atoms with van der Waals surface area (Å²) in [6, 6.07) is 0. The molecule has 18 heavy (non-hydrogen) atoms. The third-order valence-corrected chi connectivity index (χ3v) is 3.68. The van der Waals surface area contributed by atoms with E-state index in [1.165, 1.54) is 13.0 Å².